The summed E-state index contributed by atoms with van der Waals surface area (Å²) < 4.78 is 10.7. The molecule has 0 amide bonds. The third kappa shape index (κ3) is 1.95. The normalized spacial score (nSPS) is 10.2. The largest absolute Gasteiger partial charge is 0.496 e. The molecule has 0 fully saturated rings. The second kappa shape index (κ2) is 4.91. The molecule has 1 aromatic carbocycles. The van der Waals surface area contributed by atoms with Gasteiger partial charge < -0.3 is 15.2 Å². The Hall–Kier alpha value is -2.30. The summed E-state index contributed by atoms with van der Waals surface area (Å²) in [6.07, 6.45) is 1.43. The molecule has 1 aromatic heterocycles. The van der Waals surface area contributed by atoms with E-state index in [-0.39, 0.29) is 0 Å². The molecular formula is C13H15N3O2. The Morgan fingerprint density at radius 2 is 1.67 bits per heavy atom. The second-order valence-electron chi connectivity index (χ2n) is 3.77. The maximum absolute atomic E-state index is 5.81. The Labute approximate surface area is 106 Å². The van der Waals surface area contributed by atoms with Crippen LogP contribution in [0.25, 0.3) is 11.3 Å². The molecule has 0 aliphatic carbocycles. The Bertz CT molecular complexity index is 548. The monoisotopic (exact) mass is 245 g/mol. The van der Waals surface area contributed by atoms with Gasteiger partial charge in [-0.1, -0.05) is 6.07 Å². The summed E-state index contributed by atoms with van der Waals surface area (Å²) in [6.45, 7) is 1.87. The molecule has 2 rings (SSSR count). The first-order valence-corrected chi connectivity index (χ1v) is 5.47. The van der Waals surface area contributed by atoms with Crippen LogP contribution in [0.4, 0.5) is 5.82 Å². The minimum atomic E-state index is 0.452. The van der Waals surface area contributed by atoms with Gasteiger partial charge in [-0.15, -0.1) is 0 Å². The van der Waals surface area contributed by atoms with E-state index >= 15 is 0 Å². The molecule has 94 valence electrons. The highest BCUT2D eigenvalue weighted by molar-refractivity contribution is 5.78. The molecule has 0 radical (unpaired) electrons. The number of ether oxygens (including phenoxy) is 2. The lowest BCUT2D eigenvalue weighted by atomic mass is 10.0. The number of nitrogens with two attached hydrogens (primary N) is 1. The highest BCUT2D eigenvalue weighted by atomic mass is 16.5. The highest BCUT2D eigenvalue weighted by Gasteiger charge is 2.16. The Balaban J connectivity index is 2.73. The number of anilines is 1. The Morgan fingerprint density at radius 3 is 2.22 bits per heavy atom. The Morgan fingerprint density at radius 1 is 1.06 bits per heavy atom. The summed E-state index contributed by atoms with van der Waals surface area (Å²) in [4.78, 5) is 8.24. The van der Waals surface area contributed by atoms with Crippen LogP contribution >= 0.6 is 0 Å². The fourth-order valence-electron chi connectivity index (χ4n) is 1.80. The second-order valence-corrected chi connectivity index (χ2v) is 3.77. The quantitative estimate of drug-likeness (QED) is 0.896. The summed E-state index contributed by atoms with van der Waals surface area (Å²) >= 11 is 0. The summed E-state index contributed by atoms with van der Waals surface area (Å²) in [7, 11) is 3.22. The molecule has 18 heavy (non-hydrogen) atoms. The van der Waals surface area contributed by atoms with Crippen molar-refractivity contribution in [3.05, 3.63) is 30.1 Å². The van der Waals surface area contributed by atoms with Gasteiger partial charge >= 0.3 is 0 Å². The first-order chi connectivity index (χ1) is 8.69. The van der Waals surface area contributed by atoms with Gasteiger partial charge in [0.1, 0.15) is 23.6 Å². The standard InChI is InChI=1S/C13H15N3O2/c1-8-12(15-7-16-13(8)14)11-9(17-2)5-4-6-10(11)18-3/h4-7H,1-3H3,(H2,14,15,16). The van der Waals surface area contributed by atoms with Crippen molar-refractivity contribution in [3.8, 4) is 22.8 Å². The molecule has 2 N–H and O–H groups in total. The van der Waals surface area contributed by atoms with E-state index in [1.807, 2.05) is 25.1 Å². The minimum Gasteiger partial charge on any atom is -0.496 e. The fourth-order valence-corrected chi connectivity index (χ4v) is 1.80. The summed E-state index contributed by atoms with van der Waals surface area (Å²) in [5.41, 5.74) is 8.12. The smallest absolute Gasteiger partial charge is 0.132 e. The lowest BCUT2D eigenvalue weighted by molar-refractivity contribution is 0.397. The first kappa shape index (κ1) is 12.2. The Kier molecular flexibility index (Phi) is 3.32. The number of hydrogen-bond donors (Lipinski definition) is 1. The molecule has 0 aliphatic rings. The highest BCUT2D eigenvalue weighted by Crippen LogP contribution is 2.39. The van der Waals surface area contributed by atoms with Gasteiger partial charge in [0.2, 0.25) is 0 Å². The molecule has 5 nitrogen and oxygen atoms in total. The van der Waals surface area contributed by atoms with Crippen LogP contribution in [0.15, 0.2) is 24.5 Å². The van der Waals surface area contributed by atoms with E-state index in [1.54, 1.807) is 14.2 Å². The van der Waals surface area contributed by atoms with E-state index < -0.39 is 0 Å². The van der Waals surface area contributed by atoms with Crippen LogP contribution in [0, 0.1) is 6.92 Å². The van der Waals surface area contributed by atoms with Gasteiger partial charge in [0.05, 0.1) is 25.5 Å². The molecule has 0 saturated heterocycles. The molecule has 2 aromatic rings. The summed E-state index contributed by atoms with van der Waals surface area (Å²) in [5.74, 6) is 1.83. The number of rotatable bonds is 3. The van der Waals surface area contributed by atoms with E-state index in [4.69, 9.17) is 15.2 Å². The predicted octanol–water partition coefficient (Wildman–Crippen LogP) is 2.05. The number of benzene rings is 1. The van der Waals surface area contributed by atoms with Crippen LogP contribution in [0.1, 0.15) is 5.56 Å². The van der Waals surface area contributed by atoms with Gasteiger partial charge in [-0.05, 0) is 19.1 Å². The van der Waals surface area contributed by atoms with Gasteiger partial charge in [0.25, 0.3) is 0 Å². The zero-order valence-corrected chi connectivity index (χ0v) is 10.6. The lowest BCUT2D eigenvalue weighted by Gasteiger charge is -2.14. The molecule has 5 heteroatoms. The zero-order valence-electron chi connectivity index (χ0n) is 10.6. The van der Waals surface area contributed by atoms with Crippen LogP contribution in [0.2, 0.25) is 0 Å². The van der Waals surface area contributed by atoms with Crippen LogP contribution in [0.5, 0.6) is 11.5 Å². The zero-order chi connectivity index (χ0) is 13.1. The molecule has 0 bridgehead atoms. The van der Waals surface area contributed by atoms with E-state index in [2.05, 4.69) is 9.97 Å². The maximum Gasteiger partial charge on any atom is 0.132 e. The molecule has 1 heterocycles. The predicted molar refractivity (Wildman–Crippen MR) is 69.7 cm³/mol. The van der Waals surface area contributed by atoms with Crippen molar-refractivity contribution in [3.63, 3.8) is 0 Å². The van der Waals surface area contributed by atoms with Crippen LogP contribution in [-0.4, -0.2) is 24.2 Å². The van der Waals surface area contributed by atoms with Gasteiger partial charge in [0, 0.05) is 5.56 Å². The maximum atomic E-state index is 5.81. The molecule has 0 atom stereocenters. The van der Waals surface area contributed by atoms with Crippen molar-refractivity contribution in [2.24, 2.45) is 0 Å². The molecule has 0 unspecified atom stereocenters. The molecule has 0 aliphatic heterocycles. The van der Waals surface area contributed by atoms with Crippen molar-refractivity contribution in [1.82, 2.24) is 9.97 Å². The van der Waals surface area contributed by atoms with E-state index in [0.29, 0.717) is 17.3 Å². The third-order valence-corrected chi connectivity index (χ3v) is 2.79. The fraction of sp³-hybridized carbons (Fsp3) is 0.231. The van der Waals surface area contributed by atoms with Gasteiger partial charge in [-0.3, -0.25) is 0 Å². The summed E-state index contributed by atoms with van der Waals surface area (Å²) in [5, 5.41) is 0. The van der Waals surface area contributed by atoms with Gasteiger partial charge in [-0.2, -0.15) is 0 Å². The number of methoxy groups -OCH3 is 2. The van der Waals surface area contributed by atoms with Crippen molar-refractivity contribution < 1.29 is 9.47 Å². The molecular weight excluding hydrogens is 230 g/mol. The number of aromatic nitrogens is 2. The average molecular weight is 245 g/mol. The number of hydrogen-bond acceptors (Lipinski definition) is 5. The van der Waals surface area contributed by atoms with Crippen molar-refractivity contribution >= 4 is 5.82 Å². The van der Waals surface area contributed by atoms with Crippen LogP contribution in [0.3, 0.4) is 0 Å². The molecule has 0 spiro atoms. The van der Waals surface area contributed by atoms with Crippen LogP contribution in [-0.2, 0) is 0 Å². The average Bonchev–Trinajstić information content (AvgIpc) is 2.41. The number of nitrogen functional groups attached to an aromatic ring is 1. The molecule has 0 saturated carbocycles. The van der Waals surface area contributed by atoms with Crippen molar-refractivity contribution in [1.29, 1.82) is 0 Å². The van der Waals surface area contributed by atoms with E-state index in [9.17, 15) is 0 Å². The third-order valence-electron chi connectivity index (χ3n) is 2.79. The topological polar surface area (TPSA) is 70.3 Å². The minimum absolute atomic E-state index is 0.452. The van der Waals surface area contributed by atoms with E-state index in [1.165, 1.54) is 6.33 Å². The van der Waals surface area contributed by atoms with Gasteiger partial charge in [-0.25, -0.2) is 9.97 Å². The lowest BCUT2D eigenvalue weighted by Crippen LogP contribution is -2.01. The van der Waals surface area contributed by atoms with Crippen molar-refractivity contribution in [2.45, 2.75) is 6.92 Å². The van der Waals surface area contributed by atoms with E-state index in [0.717, 1.165) is 16.8 Å². The summed E-state index contributed by atoms with van der Waals surface area (Å²) in [6, 6.07) is 5.58. The van der Waals surface area contributed by atoms with Crippen molar-refractivity contribution in [2.75, 3.05) is 20.0 Å². The SMILES string of the molecule is COc1cccc(OC)c1-c1ncnc(N)c1C. The van der Waals surface area contributed by atoms with Crippen LogP contribution < -0.4 is 15.2 Å². The van der Waals surface area contributed by atoms with Gasteiger partial charge in [0.15, 0.2) is 0 Å². The first-order valence-electron chi connectivity index (χ1n) is 5.47. The number of nitrogens with zero attached hydrogens (tertiary/aromatic N) is 2.